The van der Waals surface area contributed by atoms with Gasteiger partial charge in [-0.3, -0.25) is 4.79 Å². The van der Waals surface area contributed by atoms with E-state index >= 15 is 0 Å². The zero-order valence-corrected chi connectivity index (χ0v) is 10.7. The average molecular weight is 271 g/mol. The normalized spacial score (nSPS) is 11.7. The number of halogens is 1. The van der Waals surface area contributed by atoms with Crippen molar-refractivity contribution in [2.45, 2.75) is 19.5 Å². The van der Waals surface area contributed by atoms with Crippen molar-refractivity contribution < 1.29 is 14.3 Å². The van der Waals surface area contributed by atoms with E-state index in [1.165, 1.54) is 0 Å². The number of rotatable bonds is 5. The summed E-state index contributed by atoms with van der Waals surface area (Å²) in [5.74, 6) is -1.30. The first kappa shape index (κ1) is 14.5. The Morgan fingerprint density at radius 2 is 2.00 bits per heavy atom. The Kier molecular flexibility index (Phi) is 5.61. The van der Waals surface area contributed by atoms with Gasteiger partial charge in [-0.1, -0.05) is 23.7 Å². The molecule has 1 rings (SSSR count). The largest absolute Gasteiger partial charge is 0.464 e. The smallest absolute Gasteiger partial charge is 0.332 e. The van der Waals surface area contributed by atoms with Gasteiger partial charge in [-0.2, -0.15) is 0 Å². The summed E-state index contributed by atoms with van der Waals surface area (Å²) in [7, 11) is 0. The highest BCUT2D eigenvalue weighted by Gasteiger charge is 2.22. The van der Waals surface area contributed by atoms with Crippen LogP contribution in [0.4, 0.5) is 0 Å². The fraction of sp³-hybridized carbons (Fsp3) is 0.333. The van der Waals surface area contributed by atoms with Gasteiger partial charge in [0.2, 0.25) is 5.91 Å². The van der Waals surface area contributed by atoms with Crippen molar-refractivity contribution in [2.75, 3.05) is 6.61 Å². The van der Waals surface area contributed by atoms with E-state index in [4.69, 9.17) is 17.3 Å². The van der Waals surface area contributed by atoms with Crippen LogP contribution in [-0.2, 0) is 20.9 Å². The van der Waals surface area contributed by atoms with Crippen LogP contribution in [0.15, 0.2) is 24.3 Å². The first-order valence-corrected chi connectivity index (χ1v) is 5.86. The maximum absolute atomic E-state index is 11.5. The predicted octanol–water partition coefficient (Wildman–Crippen LogP) is 0.847. The molecular weight excluding hydrogens is 256 g/mol. The molecule has 0 heterocycles. The zero-order valence-electron chi connectivity index (χ0n) is 9.98. The Morgan fingerprint density at radius 3 is 2.56 bits per heavy atom. The molecule has 0 aliphatic carbocycles. The number of amides is 1. The van der Waals surface area contributed by atoms with E-state index in [0.29, 0.717) is 5.02 Å². The van der Waals surface area contributed by atoms with Crippen LogP contribution in [0.1, 0.15) is 12.5 Å². The van der Waals surface area contributed by atoms with Crippen molar-refractivity contribution in [1.29, 1.82) is 0 Å². The van der Waals surface area contributed by atoms with Gasteiger partial charge in [-0.05, 0) is 24.6 Å². The third-order valence-electron chi connectivity index (χ3n) is 2.20. The van der Waals surface area contributed by atoms with Crippen LogP contribution in [-0.4, -0.2) is 24.5 Å². The highest BCUT2D eigenvalue weighted by molar-refractivity contribution is 6.30. The molecule has 0 fully saturated rings. The summed E-state index contributed by atoms with van der Waals surface area (Å²) in [6, 6.07) is 5.69. The van der Waals surface area contributed by atoms with Crippen LogP contribution in [0.25, 0.3) is 0 Å². The van der Waals surface area contributed by atoms with Crippen LogP contribution in [0.5, 0.6) is 0 Å². The minimum Gasteiger partial charge on any atom is -0.464 e. The molecular formula is C12H15ClN2O3. The second-order valence-corrected chi connectivity index (χ2v) is 4.01. The van der Waals surface area contributed by atoms with Crippen LogP contribution >= 0.6 is 11.6 Å². The summed E-state index contributed by atoms with van der Waals surface area (Å²) in [4.78, 5) is 22.8. The number of hydrogen-bond acceptors (Lipinski definition) is 4. The third kappa shape index (κ3) is 4.35. The van der Waals surface area contributed by atoms with Crippen molar-refractivity contribution in [3.05, 3.63) is 34.9 Å². The summed E-state index contributed by atoms with van der Waals surface area (Å²) < 4.78 is 4.65. The lowest BCUT2D eigenvalue weighted by molar-refractivity contribution is -0.148. The number of benzene rings is 1. The van der Waals surface area contributed by atoms with E-state index in [-0.39, 0.29) is 13.2 Å². The Hall–Kier alpha value is -1.59. The van der Waals surface area contributed by atoms with Crippen LogP contribution in [0, 0.1) is 0 Å². The molecule has 5 nitrogen and oxygen atoms in total. The number of hydrogen-bond donors (Lipinski definition) is 2. The summed E-state index contributed by atoms with van der Waals surface area (Å²) >= 11 is 5.73. The number of nitrogens with one attached hydrogen (secondary N) is 1. The van der Waals surface area contributed by atoms with E-state index < -0.39 is 17.9 Å². The van der Waals surface area contributed by atoms with Crippen LogP contribution in [0.3, 0.4) is 0 Å². The maximum Gasteiger partial charge on any atom is 0.332 e. The van der Waals surface area contributed by atoms with Crippen molar-refractivity contribution in [3.8, 4) is 0 Å². The van der Waals surface area contributed by atoms with Crippen molar-refractivity contribution in [2.24, 2.45) is 5.73 Å². The molecule has 0 saturated heterocycles. The topological polar surface area (TPSA) is 81.4 Å². The van der Waals surface area contributed by atoms with E-state index in [0.717, 1.165) is 5.56 Å². The molecule has 1 unspecified atom stereocenters. The Bertz CT molecular complexity index is 420. The van der Waals surface area contributed by atoms with Gasteiger partial charge < -0.3 is 15.8 Å². The van der Waals surface area contributed by atoms with E-state index in [1.54, 1.807) is 31.2 Å². The summed E-state index contributed by atoms with van der Waals surface area (Å²) in [6.45, 7) is 2.12. The lowest BCUT2D eigenvalue weighted by atomic mass is 10.2. The van der Waals surface area contributed by atoms with Gasteiger partial charge in [0.25, 0.3) is 0 Å². The second kappa shape index (κ2) is 6.98. The maximum atomic E-state index is 11.5. The summed E-state index contributed by atoms with van der Waals surface area (Å²) in [5.41, 5.74) is 6.29. The highest BCUT2D eigenvalue weighted by Crippen LogP contribution is 2.09. The Labute approximate surface area is 110 Å². The lowest BCUT2D eigenvalue weighted by Gasteiger charge is -2.11. The van der Waals surface area contributed by atoms with Gasteiger partial charge in [0, 0.05) is 11.6 Å². The molecule has 1 amide bonds. The molecule has 18 heavy (non-hydrogen) atoms. The van der Waals surface area contributed by atoms with Gasteiger partial charge >= 0.3 is 5.97 Å². The molecule has 1 aromatic carbocycles. The first-order valence-electron chi connectivity index (χ1n) is 5.49. The minimum absolute atomic E-state index is 0.191. The molecule has 6 heteroatoms. The van der Waals surface area contributed by atoms with Gasteiger partial charge in [0.1, 0.15) is 0 Å². The average Bonchev–Trinajstić information content (AvgIpc) is 2.37. The van der Waals surface area contributed by atoms with Gasteiger partial charge in [0.15, 0.2) is 6.04 Å². The standard InChI is InChI=1S/C12H15ClN2O3/c1-2-18-12(17)10(14)11(16)15-7-8-3-5-9(13)6-4-8/h3-6,10H,2,7,14H2,1H3,(H,15,16). The minimum atomic E-state index is -1.29. The summed E-state index contributed by atoms with van der Waals surface area (Å²) in [6.07, 6.45) is 0. The lowest BCUT2D eigenvalue weighted by Crippen LogP contribution is -2.46. The van der Waals surface area contributed by atoms with Crippen molar-refractivity contribution in [1.82, 2.24) is 5.32 Å². The fourth-order valence-electron chi connectivity index (χ4n) is 1.24. The molecule has 0 aromatic heterocycles. The van der Waals surface area contributed by atoms with E-state index in [2.05, 4.69) is 10.1 Å². The Balaban J connectivity index is 2.45. The highest BCUT2D eigenvalue weighted by atomic mass is 35.5. The van der Waals surface area contributed by atoms with E-state index in [1.807, 2.05) is 0 Å². The molecule has 0 aliphatic rings. The van der Waals surface area contributed by atoms with Crippen LogP contribution in [0.2, 0.25) is 5.02 Å². The van der Waals surface area contributed by atoms with Gasteiger partial charge in [-0.25, -0.2) is 4.79 Å². The third-order valence-corrected chi connectivity index (χ3v) is 2.45. The van der Waals surface area contributed by atoms with E-state index in [9.17, 15) is 9.59 Å². The fourth-order valence-corrected chi connectivity index (χ4v) is 1.37. The van der Waals surface area contributed by atoms with Crippen molar-refractivity contribution in [3.63, 3.8) is 0 Å². The molecule has 98 valence electrons. The number of ether oxygens (including phenoxy) is 1. The number of carbonyl (C=O) groups excluding carboxylic acids is 2. The molecule has 1 aromatic rings. The monoisotopic (exact) mass is 270 g/mol. The number of carbonyl (C=O) groups is 2. The molecule has 1 atom stereocenters. The zero-order chi connectivity index (χ0) is 13.5. The SMILES string of the molecule is CCOC(=O)C(N)C(=O)NCc1ccc(Cl)cc1. The number of nitrogens with two attached hydrogens (primary N) is 1. The predicted molar refractivity (Wildman–Crippen MR) is 67.9 cm³/mol. The molecule has 0 radical (unpaired) electrons. The quantitative estimate of drug-likeness (QED) is 0.614. The Morgan fingerprint density at radius 1 is 1.39 bits per heavy atom. The molecule has 0 spiro atoms. The molecule has 0 saturated carbocycles. The molecule has 0 bridgehead atoms. The first-order chi connectivity index (χ1) is 8.54. The molecule has 3 N–H and O–H groups in total. The van der Waals surface area contributed by atoms with Gasteiger partial charge in [0.05, 0.1) is 6.61 Å². The summed E-state index contributed by atoms with van der Waals surface area (Å²) in [5, 5.41) is 3.17. The van der Waals surface area contributed by atoms with Crippen LogP contribution < -0.4 is 11.1 Å². The van der Waals surface area contributed by atoms with Gasteiger partial charge in [-0.15, -0.1) is 0 Å². The number of esters is 1. The molecule has 0 aliphatic heterocycles. The van der Waals surface area contributed by atoms with Crippen molar-refractivity contribution >= 4 is 23.5 Å². The second-order valence-electron chi connectivity index (χ2n) is 3.57.